The third-order valence-electron chi connectivity index (χ3n) is 3.71. The second kappa shape index (κ2) is 5.86. The summed E-state index contributed by atoms with van der Waals surface area (Å²) in [5.41, 5.74) is 4.61. The minimum absolute atomic E-state index is 0.106. The van der Waals surface area contributed by atoms with Crippen LogP contribution in [0.5, 0.6) is 0 Å². The Labute approximate surface area is 129 Å². The van der Waals surface area contributed by atoms with Crippen LogP contribution in [0.25, 0.3) is 11.0 Å². The first-order chi connectivity index (χ1) is 10.2. The molecule has 21 heavy (non-hydrogen) atoms. The van der Waals surface area contributed by atoms with Crippen molar-refractivity contribution in [3.63, 3.8) is 0 Å². The van der Waals surface area contributed by atoms with Crippen LogP contribution in [0.1, 0.15) is 29.3 Å². The van der Waals surface area contributed by atoms with Crippen LogP contribution in [0.3, 0.4) is 0 Å². The number of fused-ring (bicyclic) bond motifs is 1. The number of imidazole rings is 1. The smallest absolute Gasteiger partial charge is 0.127 e. The molecule has 3 rings (SSSR count). The van der Waals surface area contributed by atoms with Gasteiger partial charge in [0.05, 0.1) is 16.4 Å². The standard InChI is InChI=1S/C17H18ClN3/c1-12-5-3-7-15-16(12)20-17(13(2)18)21(15)10-8-14-6-4-9-19-11-14/h3-7,9,11,13H,8,10H2,1-2H3. The van der Waals surface area contributed by atoms with Crippen LogP contribution in [0.2, 0.25) is 0 Å². The molecule has 0 N–H and O–H groups in total. The first-order valence-electron chi connectivity index (χ1n) is 7.15. The van der Waals surface area contributed by atoms with Gasteiger partial charge in [0.15, 0.2) is 0 Å². The molecular weight excluding hydrogens is 282 g/mol. The molecule has 1 unspecified atom stereocenters. The second-order valence-electron chi connectivity index (χ2n) is 5.29. The summed E-state index contributed by atoms with van der Waals surface area (Å²) in [4.78, 5) is 8.91. The maximum Gasteiger partial charge on any atom is 0.127 e. The van der Waals surface area contributed by atoms with E-state index in [1.165, 1.54) is 11.1 Å². The molecule has 0 amide bonds. The molecule has 0 spiro atoms. The number of rotatable bonds is 4. The molecule has 3 aromatic rings. The zero-order valence-corrected chi connectivity index (χ0v) is 13.0. The van der Waals surface area contributed by atoms with E-state index in [1.807, 2.05) is 19.2 Å². The van der Waals surface area contributed by atoms with E-state index in [-0.39, 0.29) is 5.38 Å². The van der Waals surface area contributed by atoms with Crippen molar-refractivity contribution in [1.82, 2.24) is 14.5 Å². The van der Waals surface area contributed by atoms with Crippen molar-refractivity contribution in [3.05, 3.63) is 59.7 Å². The van der Waals surface area contributed by atoms with Crippen molar-refractivity contribution in [1.29, 1.82) is 0 Å². The van der Waals surface area contributed by atoms with Crippen LogP contribution in [0.15, 0.2) is 42.7 Å². The fourth-order valence-corrected chi connectivity index (χ4v) is 2.80. The Morgan fingerprint density at radius 2 is 2.10 bits per heavy atom. The summed E-state index contributed by atoms with van der Waals surface area (Å²) in [7, 11) is 0. The lowest BCUT2D eigenvalue weighted by Gasteiger charge is -2.10. The number of aryl methyl sites for hydroxylation is 3. The summed E-state index contributed by atoms with van der Waals surface area (Å²) in [5.74, 6) is 0.935. The lowest BCUT2D eigenvalue weighted by atomic mass is 10.2. The van der Waals surface area contributed by atoms with Crippen LogP contribution >= 0.6 is 11.6 Å². The minimum Gasteiger partial charge on any atom is -0.326 e. The fourth-order valence-electron chi connectivity index (χ4n) is 2.63. The van der Waals surface area contributed by atoms with Crippen molar-refractivity contribution in [2.45, 2.75) is 32.2 Å². The Hall–Kier alpha value is -1.87. The van der Waals surface area contributed by atoms with Gasteiger partial charge in [0, 0.05) is 18.9 Å². The van der Waals surface area contributed by atoms with Gasteiger partial charge in [-0.1, -0.05) is 18.2 Å². The van der Waals surface area contributed by atoms with Crippen LogP contribution in [-0.4, -0.2) is 14.5 Å². The first kappa shape index (κ1) is 14.1. The predicted molar refractivity (Wildman–Crippen MR) is 86.7 cm³/mol. The maximum atomic E-state index is 6.32. The third-order valence-corrected chi connectivity index (χ3v) is 3.91. The molecule has 1 aromatic carbocycles. The highest BCUT2D eigenvalue weighted by Crippen LogP contribution is 2.26. The van der Waals surface area contributed by atoms with Gasteiger partial charge in [-0.3, -0.25) is 4.98 Å². The molecule has 1 atom stereocenters. The molecule has 0 bridgehead atoms. The molecule has 108 valence electrons. The highest BCUT2D eigenvalue weighted by atomic mass is 35.5. The molecule has 4 heteroatoms. The van der Waals surface area contributed by atoms with E-state index in [1.54, 1.807) is 6.20 Å². The van der Waals surface area contributed by atoms with Crippen LogP contribution in [0.4, 0.5) is 0 Å². The first-order valence-corrected chi connectivity index (χ1v) is 7.59. The van der Waals surface area contributed by atoms with Crippen molar-refractivity contribution in [3.8, 4) is 0 Å². The number of alkyl halides is 1. The summed E-state index contributed by atoms with van der Waals surface area (Å²) < 4.78 is 2.23. The van der Waals surface area contributed by atoms with Gasteiger partial charge in [-0.2, -0.15) is 0 Å². The summed E-state index contributed by atoms with van der Waals surface area (Å²) >= 11 is 6.32. The molecular formula is C17H18ClN3. The molecule has 0 saturated carbocycles. The van der Waals surface area contributed by atoms with Crippen molar-refractivity contribution in [2.75, 3.05) is 0 Å². The molecule has 0 fully saturated rings. The van der Waals surface area contributed by atoms with Gasteiger partial charge >= 0.3 is 0 Å². The quantitative estimate of drug-likeness (QED) is 0.673. The van der Waals surface area contributed by atoms with E-state index in [4.69, 9.17) is 16.6 Å². The van der Waals surface area contributed by atoms with E-state index >= 15 is 0 Å². The Morgan fingerprint density at radius 3 is 2.81 bits per heavy atom. The number of hydrogen-bond acceptors (Lipinski definition) is 2. The van der Waals surface area contributed by atoms with E-state index in [0.717, 1.165) is 29.8 Å². The molecule has 0 saturated heterocycles. The fraction of sp³-hybridized carbons (Fsp3) is 0.294. The molecule has 3 nitrogen and oxygen atoms in total. The summed E-state index contributed by atoms with van der Waals surface area (Å²) in [6.07, 6.45) is 4.63. The third kappa shape index (κ3) is 2.79. The van der Waals surface area contributed by atoms with Gasteiger partial charge < -0.3 is 4.57 Å². The Bertz CT molecular complexity index is 747. The van der Waals surface area contributed by atoms with Gasteiger partial charge in [-0.25, -0.2) is 4.98 Å². The molecule has 2 aromatic heterocycles. The summed E-state index contributed by atoms with van der Waals surface area (Å²) in [6.45, 7) is 4.92. The zero-order chi connectivity index (χ0) is 14.8. The zero-order valence-electron chi connectivity index (χ0n) is 12.3. The normalized spacial score (nSPS) is 12.7. The number of aromatic nitrogens is 3. The minimum atomic E-state index is -0.106. The molecule has 0 aliphatic rings. The Kier molecular flexibility index (Phi) is 3.93. The highest BCUT2D eigenvalue weighted by molar-refractivity contribution is 6.20. The SMILES string of the molecule is Cc1cccc2c1nc(C(C)Cl)n2CCc1cccnc1. The monoisotopic (exact) mass is 299 g/mol. The number of nitrogens with zero attached hydrogens (tertiary/aromatic N) is 3. The second-order valence-corrected chi connectivity index (χ2v) is 5.95. The van der Waals surface area contributed by atoms with Gasteiger partial charge in [-0.15, -0.1) is 11.6 Å². The van der Waals surface area contributed by atoms with E-state index < -0.39 is 0 Å². The number of halogens is 1. The van der Waals surface area contributed by atoms with Gasteiger partial charge in [-0.05, 0) is 43.5 Å². The number of hydrogen-bond donors (Lipinski definition) is 0. The summed E-state index contributed by atoms with van der Waals surface area (Å²) in [5, 5.41) is -0.106. The lowest BCUT2D eigenvalue weighted by Crippen LogP contribution is -2.07. The summed E-state index contributed by atoms with van der Waals surface area (Å²) in [6, 6.07) is 10.3. The van der Waals surface area contributed by atoms with Crippen LogP contribution in [0, 0.1) is 6.92 Å². The maximum absolute atomic E-state index is 6.32. The van der Waals surface area contributed by atoms with Crippen molar-refractivity contribution < 1.29 is 0 Å². The lowest BCUT2D eigenvalue weighted by molar-refractivity contribution is 0.667. The van der Waals surface area contributed by atoms with Crippen LogP contribution in [-0.2, 0) is 13.0 Å². The van der Waals surface area contributed by atoms with Gasteiger partial charge in [0.25, 0.3) is 0 Å². The predicted octanol–water partition coefficient (Wildman–Crippen LogP) is 4.28. The largest absolute Gasteiger partial charge is 0.326 e. The molecule has 2 heterocycles. The number of pyridine rings is 1. The van der Waals surface area contributed by atoms with E-state index in [0.29, 0.717) is 0 Å². The van der Waals surface area contributed by atoms with Crippen molar-refractivity contribution >= 4 is 22.6 Å². The Balaban J connectivity index is 2.00. The van der Waals surface area contributed by atoms with Gasteiger partial charge in [0.1, 0.15) is 5.82 Å². The van der Waals surface area contributed by atoms with E-state index in [2.05, 4.69) is 40.7 Å². The molecule has 0 aliphatic heterocycles. The molecule has 0 aliphatic carbocycles. The van der Waals surface area contributed by atoms with E-state index in [9.17, 15) is 0 Å². The average molecular weight is 300 g/mol. The van der Waals surface area contributed by atoms with Crippen molar-refractivity contribution in [2.24, 2.45) is 0 Å². The Morgan fingerprint density at radius 1 is 1.24 bits per heavy atom. The topological polar surface area (TPSA) is 30.7 Å². The number of para-hydroxylation sites is 1. The highest BCUT2D eigenvalue weighted by Gasteiger charge is 2.15. The van der Waals surface area contributed by atoms with Crippen LogP contribution < -0.4 is 0 Å². The number of benzene rings is 1. The molecule has 0 radical (unpaired) electrons. The average Bonchev–Trinajstić information content (AvgIpc) is 2.87. The van der Waals surface area contributed by atoms with Gasteiger partial charge in [0.2, 0.25) is 0 Å².